The van der Waals surface area contributed by atoms with Gasteiger partial charge in [0.1, 0.15) is 11.2 Å². The summed E-state index contributed by atoms with van der Waals surface area (Å²) in [5.41, 5.74) is 1.50. The van der Waals surface area contributed by atoms with Gasteiger partial charge in [-0.05, 0) is 46.6 Å². The van der Waals surface area contributed by atoms with Gasteiger partial charge in [-0.15, -0.1) is 0 Å². The number of likely N-dealkylation sites (tertiary alicyclic amines) is 1. The number of aromatic nitrogens is 2. The number of pyridine rings is 1. The molecular weight excluding hydrogens is 358 g/mol. The number of H-pyrrole nitrogens is 1. The van der Waals surface area contributed by atoms with Gasteiger partial charge < -0.3 is 25.3 Å². The summed E-state index contributed by atoms with van der Waals surface area (Å²) in [6.07, 6.45) is 4.65. The van der Waals surface area contributed by atoms with Crippen molar-refractivity contribution in [2.75, 3.05) is 18.9 Å². The van der Waals surface area contributed by atoms with Crippen molar-refractivity contribution in [3.05, 3.63) is 24.0 Å². The second kappa shape index (κ2) is 7.69. The average Bonchev–Trinajstić information content (AvgIpc) is 3.09. The fourth-order valence-electron chi connectivity index (χ4n) is 3.57. The maximum atomic E-state index is 12.4. The van der Waals surface area contributed by atoms with Crippen LogP contribution >= 0.6 is 0 Å². The number of fused-ring (bicyclic) bond motifs is 1. The van der Waals surface area contributed by atoms with E-state index >= 15 is 0 Å². The number of amides is 2. The SMILES string of the molecule is CNC(=O)c1cnc2[nH]ccc2c1N[C@@H]1CCN(C(=O)OC(C)(C)C)[C@@H](C)C1. The van der Waals surface area contributed by atoms with Crippen LogP contribution < -0.4 is 10.6 Å². The van der Waals surface area contributed by atoms with Gasteiger partial charge in [-0.25, -0.2) is 9.78 Å². The monoisotopic (exact) mass is 387 g/mol. The highest BCUT2D eigenvalue weighted by molar-refractivity contribution is 6.06. The Morgan fingerprint density at radius 3 is 2.75 bits per heavy atom. The summed E-state index contributed by atoms with van der Waals surface area (Å²) in [7, 11) is 1.61. The normalized spacial score (nSPS) is 20.1. The van der Waals surface area contributed by atoms with Crippen LogP contribution in [0.25, 0.3) is 11.0 Å². The van der Waals surface area contributed by atoms with Crippen LogP contribution in [-0.2, 0) is 4.74 Å². The third kappa shape index (κ3) is 4.21. The number of carbonyl (C=O) groups is 2. The number of aromatic amines is 1. The summed E-state index contributed by atoms with van der Waals surface area (Å²) in [5, 5.41) is 7.08. The van der Waals surface area contributed by atoms with Crippen LogP contribution in [-0.4, -0.2) is 58.1 Å². The number of ether oxygens (including phenoxy) is 1. The molecule has 8 heteroatoms. The minimum absolute atomic E-state index is 0.0353. The number of piperidine rings is 1. The van der Waals surface area contributed by atoms with Gasteiger partial charge in [-0.2, -0.15) is 0 Å². The molecule has 3 rings (SSSR count). The fourth-order valence-corrected chi connectivity index (χ4v) is 3.57. The third-order valence-corrected chi connectivity index (χ3v) is 4.91. The lowest BCUT2D eigenvalue weighted by atomic mass is 9.97. The van der Waals surface area contributed by atoms with Gasteiger partial charge in [0.2, 0.25) is 0 Å². The summed E-state index contributed by atoms with van der Waals surface area (Å²) in [5.74, 6) is -0.183. The number of hydrogen-bond acceptors (Lipinski definition) is 5. The van der Waals surface area contributed by atoms with E-state index in [1.165, 1.54) is 0 Å². The van der Waals surface area contributed by atoms with E-state index < -0.39 is 5.60 Å². The Bertz CT molecular complexity index is 870. The van der Waals surface area contributed by atoms with Crippen molar-refractivity contribution >= 4 is 28.7 Å². The van der Waals surface area contributed by atoms with Gasteiger partial charge in [0.05, 0.1) is 11.3 Å². The molecule has 2 amide bonds. The molecule has 1 saturated heterocycles. The number of carbonyl (C=O) groups excluding carboxylic acids is 2. The van der Waals surface area contributed by atoms with E-state index in [0.29, 0.717) is 12.1 Å². The van der Waals surface area contributed by atoms with Gasteiger partial charge in [0.15, 0.2) is 0 Å². The molecule has 152 valence electrons. The maximum absolute atomic E-state index is 12.4. The number of hydrogen-bond donors (Lipinski definition) is 3. The zero-order valence-corrected chi connectivity index (χ0v) is 17.1. The second-order valence-electron chi connectivity index (χ2n) is 8.25. The molecule has 0 aliphatic carbocycles. The molecule has 0 saturated carbocycles. The van der Waals surface area contributed by atoms with E-state index in [0.717, 1.165) is 29.6 Å². The molecule has 8 nitrogen and oxygen atoms in total. The number of nitrogens with one attached hydrogen (secondary N) is 3. The van der Waals surface area contributed by atoms with Crippen molar-refractivity contribution in [3.8, 4) is 0 Å². The van der Waals surface area contributed by atoms with Crippen molar-refractivity contribution in [2.45, 2.75) is 58.2 Å². The zero-order chi connectivity index (χ0) is 20.5. The van der Waals surface area contributed by atoms with E-state index in [1.807, 2.05) is 40.0 Å². The Morgan fingerprint density at radius 1 is 1.36 bits per heavy atom. The van der Waals surface area contributed by atoms with Gasteiger partial charge in [0.25, 0.3) is 5.91 Å². The summed E-state index contributed by atoms with van der Waals surface area (Å²) >= 11 is 0. The summed E-state index contributed by atoms with van der Waals surface area (Å²) < 4.78 is 5.51. The predicted molar refractivity (Wildman–Crippen MR) is 109 cm³/mol. The van der Waals surface area contributed by atoms with Gasteiger partial charge >= 0.3 is 6.09 Å². The van der Waals surface area contributed by atoms with Crippen molar-refractivity contribution in [1.82, 2.24) is 20.2 Å². The molecule has 2 aromatic rings. The molecule has 0 unspecified atom stereocenters. The van der Waals surface area contributed by atoms with E-state index in [1.54, 1.807) is 18.1 Å². The van der Waals surface area contributed by atoms with Gasteiger partial charge in [-0.3, -0.25) is 4.79 Å². The van der Waals surface area contributed by atoms with E-state index in [9.17, 15) is 9.59 Å². The first kappa shape index (κ1) is 20.0. The Labute approximate surface area is 165 Å². The van der Waals surface area contributed by atoms with E-state index in [2.05, 4.69) is 20.6 Å². The fraction of sp³-hybridized carbons (Fsp3) is 0.550. The largest absolute Gasteiger partial charge is 0.444 e. The molecule has 0 radical (unpaired) electrons. The van der Waals surface area contributed by atoms with Crippen LogP contribution in [0.3, 0.4) is 0 Å². The van der Waals surface area contributed by atoms with Crippen LogP contribution in [0.4, 0.5) is 10.5 Å². The first-order valence-electron chi connectivity index (χ1n) is 9.64. The van der Waals surface area contributed by atoms with Crippen molar-refractivity contribution < 1.29 is 14.3 Å². The Kier molecular flexibility index (Phi) is 5.49. The Morgan fingerprint density at radius 2 is 2.11 bits per heavy atom. The standard InChI is InChI=1S/C20H29N5O3/c1-12-10-13(7-9-25(12)19(27)28-20(2,3)4)24-16-14-6-8-22-17(14)23-11-15(16)18(26)21-5/h6,8,11-13H,7,9-10H2,1-5H3,(H,21,26)(H2,22,23,24)/t12-,13+/m0/s1. The predicted octanol–water partition coefficient (Wildman–Crippen LogP) is 3.12. The summed E-state index contributed by atoms with van der Waals surface area (Å²) in [6, 6.07) is 2.09. The lowest BCUT2D eigenvalue weighted by Gasteiger charge is -2.39. The van der Waals surface area contributed by atoms with Crippen LogP contribution in [0.1, 0.15) is 50.9 Å². The van der Waals surface area contributed by atoms with Crippen LogP contribution in [0.15, 0.2) is 18.5 Å². The molecule has 0 bridgehead atoms. The van der Waals surface area contributed by atoms with Crippen LogP contribution in [0.5, 0.6) is 0 Å². The molecule has 0 aromatic carbocycles. The maximum Gasteiger partial charge on any atom is 0.410 e. The molecule has 1 fully saturated rings. The number of nitrogens with zero attached hydrogens (tertiary/aromatic N) is 2. The van der Waals surface area contributed by atoms with Crippen molar-refractivity contribution in [3.63, 3.8) is 0 Å². The topological polar surface area (TPSA) is 99.4 Å². The van der Waals surface area contributed by atoms with Crippen LogP contribution in [0, 0.1) is 0 Å². The number of anilines is 1. The average molecular weight is 387 g/mol. The Balaban J connectivity index is 1.76. The summed E-state index contributed by atoms with van der Waals surface area (Å²) in [6.45, 7) is 8.24. The smallest absolute Gasteiger partial charge is 0.410 e. The first-order chi connectivity index (χ1) is 13.2. The molecule has 0 spiro atoms. The Hall–Kier alpha value is -2.77. The lowest BCUT2D eigenvalue weighted by Crippen LogP contribution is -2.49. The molecule has 1 aliphatic heterocycles. The van der Waals surface area contributed by atoms with Crippen LogP contribution in [0.2, 0.25) is 0 Å². The van der Waals surface area contributed by atoms with Crippen molar-refractivity contribution in [2.24, 2.45) is 0 Å². The molecule has 3 heterocycles. The third-order valence-electron chi connectivity index (χ3n) is 4.91. The number of rotatable bonds is 3. The van der Waals surface area contributed by atoms with E-state index in [-0.39, 0.29) is 24.1 Å². The highest BCUT2D eigenvalue weighted by Gasteiger charge is 2.32. The molecule has 2 aromatic heterocycles. The molecule has 28 heavy (non-hydrogen) atoms. The minimum atomic E-state index is -0.509. The lowest BCUT2D eigenvalue weighted by molar-refractivity contribution is 0.0112. The van der Waals surface area contributed by atoms with Gasteiger partial charge in [-0.1, -0.05) is 0 Å². The van der Waals surface area contributed by atoms with Crippen molar-refractivity contribution in [1.29, 1.82) is 0 Å². The second-order valence-corrected chi connectivity index (χ2v) is 8.25. The van der Waals surface area contributed by atoms with E-state index in [4.69, 9.17) is 4.74 Å². The zero-order valence-electron chi connectivity index (χ0n) is 17.1. The quantitative estimate of drug-likeness (QED) is 0.751. The molecule has 2 atom stereocenters. The first-order valence-corrected chi connectivity index (χ1v) is 9.64. The minimum Gasteiger partial charge on any atom is -0.444 e. The highest BCUT2D eigenvalue weighted by atomic mass is 16.6. The molecule has 3 N–H and O–H groups in total. The molecule has 1 aliphatic rings. The van der Waals surface area contributed by atoms with Gasteiger partial charge in [0, 0.05) is 43.5 Å². The molecular formula is C20H29N5O3. The highest BCUT2D eigenvalue weighted by Crippen LogP contribution is 2.29. The summed E-state index contributed by atoms with van der Waals surface area (Å²) in [4.78, 5) is 33.9.